The molecule has 3 rings (SSSR count). The number of halogens is 2. The van der Waals surface area contributed by atoms with Crippen LogP contribution in [-0.2, 0) is 9.59 Å². The van der Waals surface area contributed by atoms with Gasteiger partial charge >= 0.3 is 0 Å². The molecule has 6 nitrogen and oxygen atoms in total. The third kappa shape index (κ3) is 2.56. The highest BCUT2D eigenvalue weighted by Crippen LogP contribution is 2.33. The first-order chi connectivity index (χ1) is 10.9. The SMILES string of the molecule is CCC1(C)C(=O)NC2=NCN(c3ccc(Cl)cc3Cl)CN2C1=O. The maximum Gasteiger partial charge on any atom is 0.246 e. The quantitative estimate of drug-likeness (QED) is 0.829. The molecule has 1 atom stereocenters. The molecule has 1 unspecified atom stereocenters. The number of rotatable bonds is 2. The van der Waals surface area contributed by atoms with Gasteiger partial charge in [0.25, 0.3) is 0 Å². The molecule has 0 radical (unpaired) electrons. The van der Waals surface area contributed by atoms with Gasteiger partial charge in [-0.3, -0.25) is 19.8 Å². The van der Waals surface area contributed by atoms with E-state index >= 15 is 0 Å². The summed E-state index contributed by atoms with van der Waals surface area (Å²) in [6, 6.07) is 5.17. The summed E-state index contributed by atoms with van der Waals surface area (Å²) in [5.41, 5.74) is -0.340. The van der Waals surface area contributed by atoms with E-state index in [4.69, 9.17) is 23.2 Å². The van der Waals surface area contributed by atoms with E-state index in [1.165, 1.54) is 4.90 Å². The van der Waals surface area contributed by atoms with Gasteiger partial charge in [0, 0.05) is 5.02 Å². The molecule has 0 aromatic heterocycles. The number of nitrogens with one attached hydrogen (secondary N) is 1. The highest BCUT2D eigenvalue weighted by atomic mass is 35.5. The average Bonchev–Trinajstić information content (AvgIpc) is 2.53. The molecule has 0 spiro atoms. The zero-order chi connectivity index (χ0) is 16.8. The second-order valence-corrected chi connectivity index (χ2v) is 6.62. The Balaban J connectivity index is 1.92. The van der Waals surface area contributed by atoms with Gasteiger partial charge in [0.05, 0.1) is 10.7 Å². The van der Waals surface area contributed by atoms with Gasteiger partial charge in [-0.15, -0.1) is 0 Å². The van der Waals surface area contributed by atoms with Gasteiger partial charge in [-0.25, -0.2) is 4.99 Å². The summed E-state index contributed by atoms with van der Waals surface area (Å²) in [5.74, 6) is -0.262. The van der Waals surface area contributed by atoms with Crippen molar-refractivity contribution < 1.29 is 9.59 Å². The molecule has 23 heavy (non-hydrogen) atoms. The lowest BCUT2D eigenvalue weighted by atomic mass is 9.83. The maximum absolute atomic E-state index is 12.7. The molecule has 1 fully saturated rings. The Morgan fingerprint density at radius 1 is 1.35 bits per heavy atom. The molecule has 2 amide bonds. The standard InChI is InChI=1S/C15H16Cl2N4O2/c1-3-15(2)12(22)19-14-18-7-20(8-21(14)13(15)23)11-5-4-9(16)6-10(11)17/h4-6H,3,7-8H2,1-2H3,(H,18,19,22). The summed E-state index contributed by atoms with van der Waals surface area (Å²) in [6.45, 7) is 4.03. The van der Waals surface area contributed by atoms with Crippen LogP contribution in [0.4, 0.5) is 5.69 Å². The number of hydrogen-bond acceptors (Lipinski definition) is 4. The minimum Gasteiger partial charge on any atom is -0.332 e. The lowest BCUT2D eigenvalue weighted by Gasteiger charge is -2.43. The second-order valence-electron chi connectivity index (χ2n) is 5.77. The van der Waals surface area contributed by atoms with Gasteiger partial charge in [-0.1, -0.05) is 30.1 Å². The fraction of sp³-hybridized carbons (Fsp3) is 0.400. The predicted molar refractivity (Wildman–Crippen MR) is 89.5 cm³/mol. The van der Waals surface area contributed by atoms with Gasteiger partial charge < -0.3 is 4.90 Å². The molecular formula is C15H16Cl2N4O2. The zero-order valence-electron chi connectivity index (χ0n) is 12.8. The van der Waals surface area contributed by atoms with E-state index in [0.29, 0.717) is 29.1 Å². The number of guanidine groups is 1. The summed E-state index contributed by atoms with van der Waals surface area (Å²) in [7, 11) is 0. The number of hydrogen-bond donors (Lipinski definition) is 1. The van der Waals surface area contributed by atoms with Crippen molar-refractivity contribution in [2.75, 3.05) is 18.2 Å². The van der Waals surface area contributed by atoms with Gasteiger partial charge in [-0.05, 0) is 31.5 Å². The summed E-state index contributed by atoms with van der Waals surface area (Å²) in [5, 5.41) is 3.75. The Hall–Kier alpha value is -1.79. The molecule has 1 aromatic carbocycles. The van der Waals surface area contributed by atoms with Crippen LogP contribution in [0.3, 0.4) is 0 Å². The van der Waals surface area contributed by atoms with Crippen LogP contribution >= 0.6 is 23.2 Å². The highest BCUT2D eigenvalue weighted by Gasteiger charge is 2.49. The Kier molecular flexibility index (Phi) is 3.98. The van der Waals surface area contributed by atoms with Crippen LogP contribution in [0.25, 0.3) is 0 Å². The average molecular weight is 355 g/mol. The van der Waals surface area contributed by atoms with E-state index in [0.717, 1.165) is 5.69 Å². The van der Waals surface area contributed by atoms with Crippen LogP contribution in [-0.4, -0.2) is 36.0 Å². The monoisotopic (exact) mass is 354 g/mol. The Labute approximate surface area is 144 Å². The summed E-state index contributed by atoms with van der Waals surface area (Å²) in [4.78, 5) is 32.5. The smallest absolute Gasteiger partial charge is 0.246 e. The van der Waals surface area contributed by atoms with E-state index in [9.17, 15) is 9.59 Å². The largest absolute Gasteiger partial charge is 0.332 e. The van der Waals surface area contributed by atoms with Crippen molar-refractivity contribution >= 4 is 46.7 Å². The predicted octanol–water partition coefficient (Wildman–Crippen LogP) is 2.46. The minimum absolute atomic E-state index is 0.253. The van der Waals surface area contributed by atoms with Crippen molar-refractivity contribution in [1.82, 2.24) is 10.2 Å². The summed E-state index contributed by atoms with van der Waals surface area (Å²) in [6.07, 6.45) is 0.420. The number of amides is 2. The minimum atomic E-state index is -1.08. The van der Waals surface area contributed by atoms with E-state index < -0.39 is 5.41 Å². The topological polar surface area (TPSA) is 65.0 Å². The Bertz CT molecular complexity index is 721. The Morgan fingerprint density at radius 2 is 2.09 bits per heavy atom. The molecule has 2 aliphatic rings. The third-order valence-electron chi connectivity index (χ3n) is 4.36. The van der Waals surface area contributed by atoms with Crippen molar-refractivity contribution in [3.63, 3.8) is 0 Å². The van der Waals surface area contributed by atoms with Crippen LogP contribution in [0.1, 0.15) is 20.3 Å². The van der Waals surface area contributed by atoms with E-state index in [1.54, 1.807) is 25.1 Å². The van der Waals surface area contributed by atoms with Crippen molar-refractivity contribution in [2.45, 2.75) is 20.3 Å². The first-order valence-corrected chi connectivity index (χ1v) is 8.00. The van der Waals surface area contributed by atoms with Crippen LogP contribution in [0.2, 0.25) is 10.0 Å². The normalized spacial score (nSPS) is 24.3. The van der Waals surface area contributed by atoms with Crippen molar-refractivity contribution in [3.05, 3.63) is 28.2 Å². The summed E-state index contributed by atoms with van der Waals surface area (Å²) >= 11 is 12.2. The van der Waals surface area contributed by atoms with E-state index in [-0.39, 0.29) is 18.5 Å². The molecule has 0 aliphatic carbocycles. The Morgan fingerprint density at radius 3 is 2.74 bits per heavy atom. The third-order valence-corrected chi connectivity index (χ3v) is 4.90. The van der Waals surface area contributed by atoms with Gasteiger partial charge in [-0.2, -0.15) is 0 Å². The van der Waals surface area contributed by atoms with E-state index in [2.05, 4.69) is 10.3 Å². The first-order valence-electron chi connectivity index (χ1n) is 7.24. The van der Waals surface area contributed by atoms with Crippen LogP contribution in [0.5, 0.6) is 0 Å². The van der Waals surface area contributed by atoms with Crippen LogP contribution < -0.4 is 10.2 Å². The van der Waals surface area contributed by atoms with E-state index in [1.807, 2.05) is 11.8 Å². The number of anilines is 1. The first kappa shape index (κ1) is 16.1. The highest BCUT2D eigenvalue weighted by molar-refractivity contribution is 6.36. The van der Waals surface area contributed by atoms with Gasteiger partial charge in [0.1, 0.15) is 18.8 Å². The molecule has 0 saturated carbocycles. The van der Waals surface area contributed by atoms with Gasteiger partial charge in [0.2, 0.25) is 17.8 Å². The fourth-order valence-electron chi connectivity index (χ4n) is 2.62. The lowest BCUT2D eigenvalue weighted by molar-refractivity contribution is -0.149. The lowest BCUT2D eigenvalue weighted by Crippen LogP contribution is -2.66. The molecule has 8 heteroatoms. The molecule has 1 N–H and O–H groups in total. The summed E-state index contributed by atoms with van der Waals surface area (Å²) < 4.78 is 0. The maximum atomic E-state index is 12.7. The molecule has 122 valence electrons. The van der Waals surface area contributed by atoms with Crippen molar-refractivity contribution in [3.8, 4) is 0 Å². The number of fused-ring (bicyclic) bond motifs is 1. The molecule has 0 bridgehead atoms. The molecular weight excluding hydrogens is 339 g/mol. The molecule has 1 aromatic rings. The molecule has 1 saturated heterocycles. The second kappa shape index (κ2) is 5.69. The van der Waals surface area contributed by atoms with Gasteiger partial charge in [0.15, 0.2) is 0 Å². The van der Waals surface area contributed by atoms with Crippen LogP contribution in [0, 0.1) is 5.41 Å². The number of carbonyl (C=O) groups excluding carboxylic acids is 2. The number of aliphatic imine (C=N–C) groups is 1. The van der Waals surface area contributed by atoms with Crippen molar-refractivity contribution in [1.29, 1.82) is 0 Å². The molecule has 2 aliphatic heterocycles. The number of benzene rings is 1. The van der Waals surface area contributed by atoms with Crippen molar-refractivity contribution in [2.24, 2.45) is 10.4 Å². The molecule has 2 heterocycles. The number of nitrogens with zero attached hydrogens (tertiary/aromatic N) is 3. The zero-order valence-corrected chi connectivity index (χ0v) is 14.3. The fourth-order valence-corrected chi connectivity index (χ4v) is 3.15. The number of carbonyl (C=O) groups is 2. The van der Waals surface area contributed by atoms with Crippen LogP contribution in [0.15, 0.2) is 23.2 Å².